The van der Waals surface area contributed by atoms with Crippen molar-refractivity contribution in [3.8, 4) is 11.8 Å². The highest BCUT2D eigenvalue weighted by atomic mass is 32.2. The van der Waals surface area contributed by atoms with Crippen LogP contribution in [0.1, 0.15) is 22.6 Å². The molecule has 2 aromatic carbocycles. The number of hydrogen-bond donors (Lipinski definition) is 2. The van der Waals surface area contributed by atoms with Gasteiger partial charge in [0.2, 0.25) is 0 Å². The molecule has 2 aromatic rings. The molecule has 0 bridgehead atoms. The monoisotopic (exact) mass is 414 g/mol. The molecule has 0 saturated carbocycles. The lowest BCUT2D eigenvalue weighted by Crippen LogP contribution is -2.39. The van der Waals surface area contributed by atoms with Gasteiger partial charge < -0.3 is 10.1 Å². The molecule has 0 radical (unpaired) electrons. The molecule has 28 heavy (non-hydrogen) atoms. The molecule has 0 atom stereocenters. The SMILES string of the molecule is Cc1ccc(S(=O)(=O)O)cc1.N#Cc1cc(C2CNC2)ccc1OC(F)(F)F. The predicted octanol–water partition coefficient (Wildman–Crippen LogP) is 3.39. The summed E-state index contributed by atoms with van der Waals surface area (Å²) in [6.45, 7) is 3.41. The Hall–Kier alpha value is -2.61. The zero-order valence-electron chi connectivity index (χ0n) is 14.7. The summed E-state index contributed by atoms with van der Waals surface area (Å²) in [5, 5.41) is 11.9. The zero-order valence-corrected chi connectivity index (χ0v) is 15.5. The highest BCUT2D eigenvalue weighted by Crippen LogP contribution is 2.29. The number of benzene rings is 2. The van der Waals surface area contributed by atoms with E-state index in [-0.39, 0.29) is 16.4 Å². The van der Waals surface area contributed by atoms with E-state index in [2.05, 4.69) is 10.1 Å². The third-order valence-electron chi connectivity index (χ3n) is 3.92. The first-order valence-corrected chi connectivity index (χ1v) is 9.48. The van der Waals surface area contributed by atoms with Crippen LogP contribution in [0.25, 0.3) is 0 Å². The maximum atomic E-state index is 12.1. The van der Waals surface area contributed by atoms with Gasteiger partial charge in [0, 0.05) is 19.0 Å². The van der Waals surface area contributed by atoms with Crippen molar-refractivity contribution in [3.05, 3.63) is 59.2 Å². The van der Waals surface area contributed by atoms with Crippen LogP contribution in [0.15, 0.2) is 47.4 Å². The molecule has 150 valence electrons. The van der Waals surface area contributed by atoms with Gasteiger partial charge in [-0.3, -0.25) is 4.55 Å². The first kappa shape index (κ1) is 21.7. The van der Waals surface area contributed by atoms with Gasteiger partial charge in [-0.2, -0.15) is 13.7 Å². The summed E-state index contributed by atoms with van der Waals surface area (Å²) in [4.78, 5) is -0.0666. The van der Waals surface area contributed by atoms with Crippen LogP contribution in [0, 0.1) is 18.3 Å². The van der Waals surface area contributed by atoms with E-state index in [0.717, 1.165) is 24.2 Å². The van der Waals surface area contributed by atoms with Crippen LogP contribution in [0.3, 0.4) is 0 Å². The summed E-state index contributed by atoms with van der Waals surface area (Å²) in [6, 6.07) is 11.9. The smallest absolute Gasteiger partial charge is 0.404 e. The van der Waals surface area contributed by atoms with E-state index in [9.17, 15) is 21.6 Å². The lowest BCUT2D eigenvalue weighted by atomic mass is 9.92. The predicted molar refractivity (Wildman–Crippen MR) is 94.4 cm³/mol. The van der Waals surface area contributed by atoms with Crippen LogP contribution in [-0.4, -0.2) is 32.4 Å². The van der Waals surface area contributed by atoms with E-state index in [4.69, 9.17) is 9.81 Å². The van der Waals surface area contributed by atoms with Crippen molar-refractivity contribution in [1.82, 2.24) is 5.32 Å². The third-order valence-corrected chi connectivity index (χ3v) is 4.79. The van der Waals surface area contributed by atoms with Crippen LogP contribution < -0.4 is 10.1 Å². The van der Waals surface area contributed by atoms with Crippen LogP contribution in [0.2, 0.25) is 0 Å². The van der Waals surface area contributed by atoms with Crippen molar-refractivity contribution in [1.29, 1.82) is 5.26 Å². The maximum absolute atomic E-state index is 12.1. The van der Waals surface area contributed by atoms with E-state index in [1.807, 2.05) is 6.92 Å². The standard InChI is InChI=1S/C11H9F3N2O.C7H8O3S/c12-11(13,14)17-10-2-1-7(3-8(10)4-15)9-5-16-6-9;1-6-2-4-7(5-3-6)11(8,9)10/h1-3,9,16H,5-6H2;2-5H,1H3,(H,8,9,10). The van der Waals surface area contributed by atoms with Gasteiger partial charge in [0.15, 0.2) is 0 Å². The minimum absolute atomic E-state index is 0.0666. The van der Waals surface area contributed by atoms with Crippen molar-refractivity contribution in [2.75, 3.05) is 13.1 Å². The highest BCUT2D eigenvalue weighted by Gasteiger charge is 2.32. The molecule has 1 heterocycles. The van der Waals surface area contributed by atoms with Crippen LogP contribution in [0.4, 0.5) is 13.2 Å². The molecule has 6 nitrogen and oxygen atoms in total. The molecule has 3 rings (SSSR count). The first-order chi connectivity index (χ1) is 13.0. The van der Waals surface area contributed by atoms with Gasteiger partial charge in [-0.05, 0) is 36.8 Å². The topological polar surface area (TPSA) is 99.4 Å². The number of halogens is 3. The Kier molecular flexibility index (Phi) is 6.66. The summed E-state index contributed by atoms with van der Waals surface area (Å²) < 4.78 is 69.5. The number of hydrogen-bond acceptors (Lipinski definition) is 5. The normalized spacial score (nSPS) is 14.3. The number of alkyl halides is 3. The second-order valence-electron chi connectivity index (χ2n) is 6.06. The largest absolute Gasteiger partial charge is 0.573 e. The van der Waals surface area contributed by atoms with E-state index in [0.29, 0.717) is 0 Å². The number of nitrogens with one attached hydrogen (secondary N) is 1. The Morgan fingerprint density at radius 1 is 1.18 bits per heavy atom. The number of nitrogens with zero attached hydrogens (tertiary/aromatic N) is 1. The van der Waals surface area contributed by atoms with Gasteiger partial charge >= 0.3 is 6.36 Å². The summed E-state index contributed by atoms with van der Waals surface area (Å²) in [7, 11) is -4.02. The van der Waals surface area contributed by atoms with E-state index < -0.39 is 22.2 Å². The van der Waals surface area contributed by atoms with E-state index >= 15 is 0 Å². The molecule has 0 aliphatic carbocycles. The molecule has 0 spiro atoms. The Morgan fingerprint density at radius 3 is 2.21 bits per heavy atom. The van der Waals surface area contributed by atoms with Crippen LogP contribution in [0.5, 0.6) is 5.75 Å². The average molecular weight is 414 g/mol. The molecule has 0 aromatic heterocycles. The van der Waals surface area contributed by atoms with Gasteiger partial charge in [0.1, 0.15) is 11.8 Å². The van der Waals surface area contributed by atoms with Gasteiger partial charge in [0.05, 0.1) is 10.5 Å². The zero-order chi connectivity index (χ0) is 20.9. The molecule has 2 N–H and O–H groups in total. The number of aryl methyl sites for hydroxylation is 1. The summed E-state index contributed by atoms with van der Waals surface area (Å²) in [5.41, 5.74) is 1.72. The first-order valence-electron chi connectivity index (χ1n) is 8.04. The number of rotatable bonds is 3. The van der Waals surface area contributed by atoms with Gasteiger partial charge in [-0.1, -0.05) is 23.8 Å². The van der Waals surface area contributed by atoms with Crippen LogP contribution in [-0.2, 0) is 10.1 Å². The molecule has 1 aliphatic rings. The Balaban J connectivity index is 0.000000221. The fourth-order valence-corrected chi connectivity index (χ4v) is 2.82. The second kappa shape index (κ2) is 8.60. The van der Waals surface area contributed by atoms with Crippen molar-refractivity contribution >= 4 is 10.1 Å². The molecule has 1 fully saturated rings. The van der Waals surface area contributed by atoms with Crippen LogP contribution >= 0.6 is 0 Å². The average Bonchev–Trinajstić information content (AvgIpc) is 2.53. The molecular weight excluding hydrogens is 397 g/mol. The van der Waals surface area contributed by atoms with Gasteiger partial charge in [-0.25, -0.2) is 0 Å². The van der Waals surface area contributed by atoms with Crippen molar-refractivity contribution in [2.45, 2.75) is 24.1 Å². The lowest BCUT2D eigenvalue weighted by Gasteiger charge is -2.27. The fraction of sp³-hybridized carbons (Fsp3) is 0.278. The molecule has 1 saturated heterocycles. The Labute approximate surface area is 160 Å². The molecule has 0 unspecified atom stereocenters. The van der Waals surface area contributed by atoms with Gasteiger partial charge in [0.25, 0.3) is 10.1 Å². The van der Waals surface area contributed by atoms with Crippen molar-refractivity contribution in [3.63, 3.8) is 0 Å². The number of nitriles is 1. The summed E-state index contributed by atoms with van der Waals surface area (Å²) in [5.74, 6) is -0.182. The molecular formula is C18H17F3N2O4S. The maximum Gasteiger partial charge on any atom is 0.573 e. The highest BCUT2D eigenvalue weighted by molar-refractivity contribution is 7.85. The Bertz CT molecular complexity index is 964. The quantitative estimate of drug-likeness (QED) is 0.747. The molecule has 1 aliphatic heterocycles. The third kappa shape index (κ3) is 6.23. The molecule has 0 amide bonds. The Morgan fingerprint density at radius 2 is 1.79 bits per heavy atom. The van der Waals surface area contributed by atoms with Crippen molar-refractivity contribution in [2.24, 2.45) is 0 Å². The minimum Gasteiger partial charge on any atom is -0.404 e. The minimum atomic E-state index is -4.77. The number of ether oxygens (including phenoxy) is 1. The second-order valence-corrected chi connectivity index (χ2v) is 7.48. The van der Waals surface area contributed by atoms with Gasteiger partial charge in [-0.15, -0.1) is 13.2 Å². The van der Waals surface area contributed by atoms with E-state index in [1.165, 1.54) is 24.3 Å². The summed E-state index contributed by atoms with van der Waals surface area (Å²) in [6.07, 6.45) is -4.77. The van der Waals surface area contributed by atoms with Crippen molar-refractivity contribution < 1.29 is 30.9 Å². The lowest BCUT2D eigenvalue weighted by molar-refractivity contribution is -0.274. The van der Waals surface area contributed by atoms with E-state index in [1.54, 1.807) is 24.3 Å². The fourth-order valence-electron chi connectivity index (χ4n) is 2.34. The molecule has 10 heteroatoms. The summed E-state index contributed by atoms with van der Waals surface area (Å²) >= 11 is 0.